The summed E-state index contributed by atoms with van der Waals surface area (Å²) in [4.78, 5) is 26.2. The number of rotatable bonds is 9. The Labute approximate surface area is 255 Å². The number of hydrogen-bond donors (Lipinski definition) is 2. The number of alkyl carbamates (subject to hydrolysis) is 1. The van der Waals surface area contributed by atoms with E-state index in [1.807, 2.05) is 103 Å². The van der Waals surface area contributed by atoms with Crippen LogP contribution in [0.1, 0.15) is 50.0 Å². The standard InChI is InChI=1S/C37H30ClNO4/c38-33-21-26(19-20-31(33)35(24-11-3-1-4-12-24)25-13-5-2-6-14-25)36(41)34(22-40)39-37(42)43-23-32-29-17-9-7-15-27(29)28-16-8-10-18-30(28)32/h1-21,32,34-35,40H,22-23H2,(H,39,42)/t34-/m0/s1. The molecule has 0 heterocycles. The summed E-state index contributed by atoms with van der Waals surface area (Å²) in [6.45, 7) is -0.480. The number of amides is 1. The second-order valence-corrected chi connectivity index (χ2v) is 11.0. The summed E-state index contributed by atoms with van der Waals surface area (Å²) < 4.78 is 5.59. The molecular weight excluding hydrogens is 558 g/mol. The Kier molecular flexibility index (Phi) is 8.36. The summed E-state index contributed by atoms with van der Waals surface area (Å²) in [7, 11) is 0. The van der Waals surface area contributed by atoms with Crippen LogP contribution in [0, 0.1) is 0 Å². The van der Waals surface area contributed by atoms with Gasteiger partial charge >= 0.3 is 6.09 Å². The first kappa shape index (κ1) is 28.4. The Morgan fingerprint density at radius 3 is 1.81 bits per heavy atom. The molecule has 0 fully saturated rings. The number of nitrogens with one attached hydrogen (secondary N) is 1. The van der Waals surface area contributed by atoms with Crippen LogP contribution in [0.2, 0.25) is 5.02 Å². The van der Waals surface area contributed by atoms with E-state index >= 15 is 0 Å². The first-order chi connectivity index (χ1) is 21.0. The van der Waals surface area contributed by atoms with Gasteiger partial charge in [-0.05, 0) is 45.0 Å². The van der Waals surface area contributed by atoms with E-state index in [0.29, 0.717) is 5.02 Å². The van der Waals surface area contributed by atoms with E-state index in [0.717, 1.165) is 38.9 Å². The molecule has 6 heteroatoms. The molecule has 0 radical (unpaired) electrons. The molecule has 2 N–H and O–H groups in total. The number of ether oxygens (including phenoxy) is 1. The van der Waals surface area contributed by atoms with Gasteiger partial charge in [0.25, 0.3) is 0 Å². The van der Waals surface area contributed by atoms with Gasteiger partial charge in [0, 0.05) is 22.4 Å². The number of ketones is 1. The predicted molar refractivity (Wildman–Crippen MR) is 169 cm³/mol. The summed E-state index contributed by atoms with van der Waals surface area (Å²) in [5.41, 5.74) is 7.69. The molecular formula is C37H30ClNO4. The normalized spacial score (nSPS) is 12.8. The predicted octanol–water partition coefficient (Wildman–Crippen LogP) is 7.60. The lowest BCUT2D eigenvalue weighted by Crippen LogP contribution is -2.44. The van der Waals surface area contributed by atoms with E-state index in [4.69, 9.17) is 16.3 Å². The van der Waals surface area contributed by atoms with Gasteiger partial charge in [-0.25, -0.2) is 4.79 Å². The van der Waals surface area contributed by atoms with Gasteiger partial charge in [0.2, 0.25) is 0 Å². The van der Waals surface area contributed by atoms with E-state index in [1.54, 1.807) is 12.1 Å². The average molecular weight is 588 g/mol. The third-order valence-corrected chi connectivity index (χ3v) is 8.32. The lowest BCUT2D eigenvalue weighted by Gasteiger charge is -2.21. The number of aliphatic hydroxyl groups is 1. The van der Waals surface area contributed by atoms with Crippen molar-refractivity contribution in [1.29, 1.82) is 0 Å². The SMILES string of the molecule is O=C(N[C@@H](CO)C(=O)c1ccc(C(c2ccccc2)c2ccccc2)c(Cl)c1)OCC1c2ccccc2-c2ccccc21. The number of carbonyl (C=O) groups excluding carboxylic acids is 2. The zero-order valence-corrected chi connectivity index (χ0v) is 24.1. The molecule has 5 nitrogen and oxygen atoms in total. The van der Waals surface area contributed by atoms with Crippen molar-refractivity contribution in [1.82, 2.24) is 5.32 Å². The van der Waals surface area contributed by atoms with Crippen LogP contribution >= 0.6 is 11.6 Å². The lowest BCUT2D eigenvalue weighted by atomic mass is 9.84. The molecule has 6 rings (SSSR count). The first-order valence-corrected chi connectivity index (χ1v) is 14.6. The van der Waals surface area contributed by atoms with E-state index in [9.17, 15) is 14.7 Å². The second-order valence-electron chi connectivity index (χ2n) is 10.6. The van der Waals surface area contributed by atoms with Crippen molar-refractivity contribution in [3.63, 3.8) is 0 Å². The maximum absolute atomic E-state index is 13.4. The minimum atomic E-state index is -1.18. The van der Waals surface area contributed by atoms with Crippen LogP contribution in [0.5, 0.6) is 0 Å². The van der Waals surface area contributed by atoms with Crippen molar-refractivity contribution in [2.75, 3.05) is 13.2 Å². The highest BCUT2D eigenvalue weighted by atomic mass is 35.5. The minimum Gasteiger partial charge on any atom is -0.449 e. The third kappa shape index (κ3) is 5.82. The van der Waals surface area contributed by atoms with Gasteiger partial charge in [0.15, 0.2) is 5.78 Å². The maximum Gasteiger partial charge on any atom is 0.407 e. The summed E-state index contributed by atoms with van der Waals surface area (Å²) >= 11 is 6.80. The van der Waals surface area contributed by atoms with Gasteiger partial charge in [0.05, 0.1) is 6.61 Å². The molecule has 43 heavy (non-hydrogen) atoms. The Hall–Kier alpha value is -4.71. The number of halogens is 1. The highest BCUT2D eigenvalue weighted by Gasteiger charge is 2.30. The van der Waals surface area contributed by atoms with E-state index in [2.05, 4.69) is 17.4 Å². The molecule has 5 aromatic rings. The van der Waals surface area contributed by atoms with Crippen LogP contribution in [0.4, 0.5) is 4.79 Å². The molecule has 0 aromatic heterocycles. The number of benzene rings is 5. The highest BCUT2D eigenvalue weighted by molar-refractivity contribution is 6.32. The molecule has 1 atom stereocenters. The summed E-state index contributed by atoms with van der Waals surface area (Å²) in [5.74, 6) is -0.706. The summed E-state index contributed by atoms with van der Waals surface area (Å²) in [5, 5.41) is 13.0. The molecule has 5 aromatic carbocycles. The van der Waals surface area contributed by atoms with Crippen LogP contribution < -0.4 is 5.32 Å². The van der Waals surface area contributed by atoms with Crippen molar-refractivity contribution in [3.8, 4) is 11.1 Å². The van der Waals surface area contributed by atoms with Crippen LogP contribution in [-0.2, 0) is 4.74 Å². The fourth-order valence-electron chi connectivity index (χ4n) is 5.93. The van der Waals surface area contributed by atoms with Crippen LogP contribution in [0.3, 0.4) is 0 Å². The molecule has 0 aliphatic heterocycles. The van der Waals surface area contributed by atoms with Crippen molar-refractivity contribution >= 4 is 23.5 Å². The number of hydrogen-bond acceptors (Lipinski definition) is 4. The Morgan fingerprint density at radius 2 is 1.28 bits per heavy atom. The van der Waals surface area contributed by atoms with E-state index in [-0.39, 0.29) is 24.0 Å². The number of aliphatic hydroxyl groups excluding tert-OH is 1. The average Bonchev–Trinajstić information content (AvgIpc) is 3.37. The van der Waals surface area contributed by atoms with Crippen molar-refractivity contribution < 1.29 is 19.4 Å². The Morgan fingerprint density at radius 1 is 0.744 bits per heavy atom. The summed E-state index contributed by atoms with van der Waals surface area (Å²) in [6, 6.07) is 40.1. The maximum atomic E-state index is 13.4. The molecule has 0 spiro atoms. The molecule has 1 amide bonds. The molecule has 0 saturated heterocycles. The quantitative estimate of drug-likeness (QED) is 0.137. The number of fused-ring (bicyclic) bond motifs is 3. The minimum absolute atomic E-state index is 0.104. The fraction of sp³-hybridized carbons (Fsp3) is 0.135. The Balaban J connectivity index is 1.17. The lowest BCUT2D eigenvalue weighted by molar-refractivity contribution is 0.0867. The molecule has 1 aliphatic rings. The molecule has 0 bridgehead atoms. The van der Waals surface area contributed by atoms with Crippen molar-refractivity contribution in [3.05, 3.63) is 166 Å². The van der Waals surface area contributed by atoms with Gasteiger partial charge < -0.3 is 15.2 Å². The largest absolute Gasteiger partial charge is 0.449 e. The zero-order valence-electron chi connectivity index (χ0n) is 23.3. The molecule has 0 unspecified atom stereocenters. The number of carbonyl (C=O) groups is 2. The van der Waals surface area contributed by atoms with Gasteiger partial charge in [-0.2, -0.15) is 0 Å². The van der Waals surface area contributed by atoms with Crippen molar-refractivity contribution in [2.24, 2.45) is 0 Å². The molecule has 1 aliphatic carbocycles. The third-order valence-electron chi connectivity index (χ3n) is 8.00. The van der Waals surface area contributed by atoms with Crippen molar-refractivity contribution in [2.45, 2.75) is 17.9 Å². The van der Waals surface area contributed by atoms with Crippen LogP contribution in [0.25, 0.3) is 11.1 Å². The molecule has 0 saturated carbocycles. The van der Waals surface area contributed by atoms with Gasteiger partial charge in [-0.3, -0.25) is 4.79 Å². The second kappa shape index (κ2) is 12.7. The summed E-state index contributed by atoms with van der Waals surface area (Å²) in [6.07, 6.45) is -0.773. The smallest absolute Gasteiger partial charge is 0.407 e. The fourth-order valence-corrected chi connectivity index (χ4v) is 6.22. The van der Waals surface area contributed by atoms with Gasteiger partial charge in [-0.1, -0.05) is 133 Å². The van der Waals surface area contributed by atoms with E-state index in [1.165, 1.54) is 0 Å². The zero-order chi connectivity index (χ0) is 29.8. The molecule has 214 valence electrons. The number of Topliss-reactive ketones (excluding diaryl/α,β-unsaturated/α-hetero) is 1. The van der Waals surface area contributed by atoms with Crippen LogP contribution in [-0.4, -0.2) is 36.2 Å². The highest BCUT2D eigenvalue weighted by Crippen LogP contribution is 2.44. The van der Waals surface area contributed by atoms with E-state index < -0.39 is 24.5 Å². The van der Waals surface area contributed by atoms with Crippen LogP contribution in [0.15, 0.2) is 127 Å². The Bertz CT molecular complexity index is 1670. The van der Waals surface area contributed by atoms with Gasteiger partial charge in [-0.15, -0.1) is 0 Å². The first-order valence-electron chi connectivity index (χ1n) is 14.2. The topological polar surface area (TPSA) is 75.6 Å². The monoisotopic (exact) mass is 587 g/mol. The van der Waals surface area contributed by atoms with Gasteiger partial charge in [0.1, 0.15) is 12.6 Å².